The number of nitrogens with one attached hydrogen (secondary N) is 1. The van der Waals surface area contributed by atoms with Gasteiger partial charge < -0.3 is 14.2 Å². The minimum atomic E-state index is -1.99. The molecular weight excluding hydrogens is 270 g/mol. The number of carbonyl (C=O) groups is 1. The molecule has 4 unspecified atom stereocenters. The first-order valence-corrected chi connectivity index (χ1v) is 10.1. The van der Waals surface area contributed by atoms with E-state index in [0.717, 1.165) is 25.4 Å². The van der Waals surface area contributed by atoms with E-state index in [2.05, 4.69) is 30.9 Å². The number of carbonyl (C=O) groups excluding carboxylic acids is 1. The van der Waals surface area contributed by atoms with Crippen molar-refractivity contribution in [1.82, 2.24) is 5.32 Å². The number of allylic oxidation sites excluding steroid dienone is 2. The van der Waals surface area contributed by atoms with E-state index in [0.29, 0.717) is 17.8 Å². The summed E-state index contributed by atoms with van der Waals surface area (Å²) in [6.45, 7) is 4.98. The summed E-state index contributed by atoms with van der Waals surface area (Å²) < 4.78 is 10.9. The van der Waals surface area contributed by atoms with Crippen LogP contribution in [0.2, 0.25) is 12.6 Å². The Morgan fingerprint density at radius 3 is 2.50 bits per heavy atom. The quantitative estimate of drug-likeness (QED) is 0.446. The molecule has 1 N–H and O–H groups in total. The third kappa shape index (κ3) is 3.15. The number of hydrogen-bond acceptors (Lipinski definition) is 3. The van der Waals surface area contributed by atoms with Crippen LogP contribution >= 0.6 is 0 Å². The highest BCUT2D eigenvalue weighted by Gasteiger charge is 2.45. The summed E-state index contributed by atoms with van der Waals surface area (Å²) >= 11 is 0. The van der Waals surface area contributed by atoms with E-state index in [1.165, 1.54) is 0 Å². The van der Waals surface area contributed by atoms with Crippen molar-refractivity contribution >= 4 is 14.5 Å². The zero-order valence-corrected chi connectivity index (χ0v) is 14.0. The molecule has 2 bridgehead atoms. The molecule has 0 aromatic rings. The maximum Gasteiger partial charge on any atom is 0.334 e. The minimum Gasteiger partial charge on any atom is -0.398 e. The van der Waals surface area contributed by atoms with Crippen molar-refractivity contribution in [2.24, 2.45) is 23.7 Å². The van der Waals surface area contributed by atoms with Crippen LogP contribution in [0.1, 0.15) is 19.8 Å². The maximum absolute atomic E-state index is 12.3. The molecular formula is C15H27NO3Si. The summed E-state index contributed by atoms with van der Waals surface area (Å²) in [5.41, 5.74) is 0. The van der Waals surface area contributed by atoms with Crippen molar-refractivity contribution in [3.63, 3.8) is 0 Å². The van der Waals surface area contributed by atoms with Crippen molar-refractivity contribution in [2.75, 3.05) is 20.8 Å². The Hall–Kier alpha value is -0.653. The van der Waals surface area contributed by atoms with Gasteiger partial charge in [-0.25, -0.2) is 0 Å². The van der Waals surface area contributed by atoms with Crippen LogP contribution in [0.3, 0.4) is 0 Å². The molecule has 1 amide bonds. The highest BCUT2D eigenvalue weighted by atomic mass is 28.4. The van der Waals surface area contributed by atoms with Crippen molar-refractivity contribution < 1.29 is 13.6 Å². The standard InChI is InChI=1S/C15H27NO3Si/c1-11-12-6-7-13(10-12)14(11)15(17)16-8-5-9-20(4,18-2)19-3/h6-7,11-14H,5,8-10H2,1-4H3,(H,16,17). The van der Waals surface area contributed by atoms with Gasteiger partial charge in [-0.15, -0.1) is 0 Å². The Kier molecular flexibility index (Phi) is 5.04. The monoisotopic (exact) mass is 297 g/mol. The normalized spacial score (nSPS) is 31.8. The zero-order chi connectivity index (χ0) is 14.8. The Labute approximate surface area is 123 Å². The molecule has 20 heavy (non-hydrogen) atoms. The van der Waals surface area contributed by atoms with Gasteiger partial charge in [0.05, 0.1) is 0 Å². The van der Waals surface area contributed by atoms with Crippen molar-refractivity contribution in [1.29, 1.82) is 0 Å². The van der Waals surface area contributed by atoms with Crippen LogP contribution in [-0.2, 0) is 13.6 Å². The van der Waals surface area contributed by atoms with Crippen LogP contribution in [0.25, 0.3) is 0 Å². The predicted octanol–water partition coefficient (Wildman–Crippen LogP) is 2.32. The van der Waals surface area contributed by atoms with E-state index in [4.69, 9.17) is 8.85 Å². The molecule has 2 rings (SSSR count). The van der Waals surface area contributed by atoms with Gasteiger partial charge in [0.25, 0.3) is 0 Å². The number of amides is 1. The summed E-state index contributed by atoms with van der Waals surface area (Å²) in [6.07, 6.45) is 6.60. The third-order valence-electron chi connectivity index (χ3n) is 5.13. The van der Waals surface area contributed by atoms with Crippen molar-refractivity contribution in [2.45, 2.75) is 32.4 Å². The predicted molar refractivity (Wildman–Crippen MR) is 81.5 cm³/mol. The van der Waals surface area contributed by atoms with Gasteiger partial charge in [0, 0.05) is 26.7 Å². The van der Waals surface area contributed by atoms with Crippen LogP contribution in [0.5, 0.6) is 0 Å². The molecule has 0 heterocycles. The summed E-state index contributed by atoms with van der Waals surface area (Å²) in [5, 5.41) is 3.10. The largest absolute Gasteiger partial charge is 0.398 e. The molecule has 2 aliphatic rings. The second-order valence-corrected chi connectivity index (χ2v) is 9.85. The molecule has 5 heteroatoms. The first-order valence-electron chi connectivity index (χ1n) is 7.57. The van der Waals surface area contributed by atoms with E-state index in [-0.39, 0.29) is 11.8 Å². The number of rotatable bonds is 7. The molecule has 0 spiro atoms. The fourth-order valence-electron chi connectivity index (χ4n) is 3.53. The van der Waals surface area contributed by atoms with E-state index in [9.17, 15) is 4.79 Å². The fraction of sp³-hybridized carbons (Fsp3) is 0.800. The number of fused-ring (bicyclic) bond motifs is 2. The van der Waals surface area contributed by atoms with Crippen LogP contribution in [0.4, 0.5) is 0 Å². The lowest BCUT2D eigenvalue weighted by Gasteiger charge is -2.25. The average molecular weight is 297 g/mol. The first kappa shape index (κ1) is 15.7. The van der Waals surface area contributed by atoms with Gasteiger partial charge in [-0.05, 0) is 43.2 Å². The Bertz CT molecular complexity index is 381. The van der Waals surface area contributed by atoms with E-state index in [1.807, 2.05) is 0 Å². The van der Waals surface area contributed by atoms with Crippen LogP contribution in [0.15, 0.2) is 12.2 Å². The molecule has 114 valence electrons. The van der Waals surface area contributed by atoms with Gasteiger partial charge in [-0.2, -0.15) is 0 Å². The topological polar surface area (TPSA) is 47.6 Å². The van der Waals surface area contributed by atoms with Crippen molar-refractivity contribution in [3.05, 3.63) is 12.2 Å². The lowest BCUT2D eigenvalue weighted by Crippen LogP contribution is -2.39. The molecule has 0 aliphatic heterocycles. The Morgan fingerprint density at radius 1 is 1.30 bits per heavy atom. The van der Waals surface area contributed by atoms with Crippen molar-refractivity contribution in [3.8, 4) is 0 Å². The average Bonchev–Trinajstić information content (AvgIpc) is 3.04. The molecule has 0 radical (unpaired) electrons. The molecule has 0 saturated heterocycles. The molecule has 1 saturated carbocycles. The van der Waals surface area contributed by atoms with Gasteiger partial charge >= 0.3 is 8.56 Å². The van der Waals surface area contributed by atoms with Crippen LogP contribution in [-0.4, -0.2) is 35.2 Å². The Morgan fingerprint density at radius 2 is 1.95 bits per heavy atom. The summed E-state index contributed by atoms with van der Waals surface area (Å²) in [5.74, 6) is 1.98. The molecule has 4 atom stereocenters. The third-order valence-corrected chi connectivity index (χ3v) is 8.12. The zero-order valence-electron chi connectivity index (χ0n) is 13.0. The van der Waals surface area contributed by atoms with Gasteiger partial charge in [0.15, 0.2) is 0 Å². The lowest BCUT2D eigenvalue weighted by molar-refractivity contribution is -0.126. The molecule has 0 aromatic heterocycles. The second-order valence-electron chi connectivity index (χ2n) is 6.27. The SMILES string of the molecule is CO[Si](C)(CCCNC(=O)C1C2C=CC(C2)C1C)OC. The molecule has 0 aromatic carbocycles. The fourth-order valence-corrected chi connectivity index (χ4v) is 4.92. The first-order chi connectivity index (χ1) is 9.50. The highest BCUT2D eigenvalue weighted by Crippen LogP contribution is 2.47. The Balaban J connectivity index is 1.72. The van der Waals surface area contributed by atoms with E-state index < -0.39 is 8.56 Å². The lowest BCUT2D eigenvalue weighted by atomic mass is 9.84. The van der Waals surface area contributed by atoms with Crippen LogP contribution < -0.4 is 5.32 Å². The summed E-state index contributed by atoms with van der Waals surface area (Å²) in [7, 11) is 1.42. The summed E-state index contributed by atoms with van der Waals surface area (Å²) in [6, 6.07) is 0.909. The smallest absolute Gasteiger partial charge is 0.334 e. The van der Waals surface area contributed by atoms with E-state index >= 15 is 0 Å². The highest BCUT2D eigenvalue weighted by molar-refractivity contribution is 6.65. The number of hydrogen-bond donors (Lipinski definition) is 1. The maximum atomic E-state index is 12.3. The van der Waals surface area contributed by atoms with Gasteiger partial charge in [-0.1, -0.05) is 19.1 Å². The van der Waals surface area contributed by atoms with Crippen LogP contribution in [0, 0.1) is 23.7 Å². The molecule has 2 aliphatic carbocycles. The second kappa shape index (κ2) is 6.41. The van der Waals surface area contributed by atoms with Gasteiger partial charge in [-0.3, -0.25) is 4.79 Å². The van der Waals surface area contributed by atoms with E-state index in [1.54, 1.807) is 14.2 Å². The summed E-state index contributed by atoms with van der Waals surface area (Å²) in [4.78, 5) is 12.3. The van der Waals surface area contributed by atoms with Gasteiger partial charge in [0.2, 0.25) is 5.91 Å². The molecule has 4 nitrogen and oxygen atoms in total. The minimum absolute atomic E-state index is 0.179. The van der Waals surface area contributed by atoms with Gasteiger partial charge in [0.1, 0.15) is 0 Å². The molecule has 1 fully saturated rings.